The van der Waals surface area contributed by atoms with E-state index in [4.69, 9.17) is 5.11 Å². The summed E-state index contributed by atoms with van der Waals surface area (Å²) in [6, 6.07) is 2.54. The van der Waals surface area contributed by atoms with E-state index in [1.165, 1.54) is 34.9 Å². The molecule has 1 aromatic carbocycles. The molecule has 1 fully saturated rings. The van der Waals surface area contributed by atoms with Crippen LogP contribution in [0.5, 0.6) is 0 Å². The predicted molar refractivity (Wildman–Crippen MR) is 78.6 cm³/mol. The van der Waals surface area contributed by atoms with E-state index in [1.54, 1.807) is 0 Å². The summed E-state index contributed by atoms with van der Waals surface area (Å²) in [6.07, 6.45) is 0. The van der Waals surface area contributed by atoms with Crippen molar-refractivity contribution in [3.8, 4) is 0 Å². The lowest BCUT2D eigenvalue weighted by molar-refractivity contribution is -0.141. The van der Waals surface area contributed by atoms with Gasteiger partial charge < -0.3 is 15.3 Å². The molecule has 1 aromatic rings. The molecule has 1 atom stereocenters. The van der Waals surface area contributed by atoms with Gasteiger partial charge in [0.1, 0.15) is 11.9 Å². The third kappa shape index (κ3) is 3.43. The van der Waals surface area contributed by atoms with Crippen molar-refractivity contribution in [2.24, 2.45) is 0 Å². The fraction of sp³-hybridized carbons (Fsp3) is 0.333. The molecule has 0 aliphatic carbocycles. The number of thioether (sulfide) groups is 1. The highest BCUT2D eigenvalue weighted by molar-refractivity contribution is 9.10. The lowest BCUT2D eigenvalue weighted by Gasteiger charge is -2.32. The highest BCUT2D eigenvalue weighted by Crippen LogP contribution is 2.24. The zero-order valence-corrected chi connectivity index (χ0v) is 12.7. The minimum Gasteiger partial charge on any atom is -0.480 e. The summed E-state index contributed by atoms with van der Waals surface area (Å²) in [4.78, 5) is 24.6. The van der Waals surface area contributed by atoms with Crippen LogP contribution >= 0.6 is 27.7 Å². The van der Waals surface area contributed by atoms with Crippen LogP contribution in [0.4, 0.5) is 14.9 Å². The fourth-order valence-corrected chi connectivity index (χ4v) is 3.32. The third-order valence-corrected chi connectivity index (χ3v) is 4.53. The van der Waals surface area contributed by atoms with Gasteiger partial charge in [0, 0.05) is 22.5 Å². The largest absolute Gasteiger partial charge is 0.480 e. The Morgan fingerprint density at radius 3 is 2.90 bits per heavy atom. The van der Waals surface area contributed by atoms with E-state index in [1.807, 2.05) is 0 Å². The molecule has 20 heavy (non-hydrogen) atoms. The average molecular weight is 363 g/mol. The molecule has 0 bridgehead atoms. The summed E-state index contributed by atoms with van der Waals surface area (Å²) < 4.78 is 13.4. The molecule has 1 saturated heterocycles. The number of carbonyl (C=O) groups is 2. The molecule has 1 unspecified atom stereocenters. The van der Waals surface area contributed by atoms with Crippen molar-refractivity contribution in [2.45, 2.75) is 6.04 Å². The number of carboxylic acid groups (broad SMARTS) is 1. The Bertz CT molecular complexity index is 543. The van der Waals surface area contributed by atoms with Crippen LogP contribution in [0, 0.1) is 5.82 Å². The van der Waals surface area contributed by atoms with Crippen LogP contribution in [-0.4, -0.2) is 46.1 Å². The van der Waals surface area contributed by atoms with Gasteiger partial charge in [-0.15, -0.1) is 0 Å². The van der Waals surface area contributed by atoms with Gasteiger partial charge in [0.25, 0.3) is 0 Å². The van der Waals surface area contributed by atoms with Crippen LogP contribution < -0.4 is 5.32 Å². The van der Waals surface area contributed by atoms with E-state index >= 15 is 0 Å². The minimum absolute atomic E-state index is 0.367. The summed E-state index contributed by atoms with van der Waals surface area (Å²) in [6.45, 7) is 0.367. The second kappa shape index (κ2) is 6.45. The maximum Gasteiger partial charge on any atom is 0.327 e. The Balaban J connectivity index is 2.12. The number of hydrogen-bond donors (Lipinski definition) is 2. The molecule has 1 aliphatic heterocycles. The summed E-state index contributed by atoms with van der Waals surface area (Å²) >= 11 is 4.65. The van der Waals surface area contributed by atoms with Crippen LogP contribution in [-0.2, 0) is 4.79 Å². The van der Waals surface area contributed by atoms with E-state index in [9.17, 15) is 14.0 Å². The van der Waals surface area contributed by atoms with Gasteiger partial charge in [0.2, 0.25) is 0 Å². The van der Waals surface area contributed by atoms with Crippen molar-refractivity contribution in [2.75, 3.05) is 23.4 Å². The summed E-state index contributed by atoms with van der Waals surface area (Å²) in [5.74, 6) is -0.382. The van der Waals surface area contributed by atoms with Gasteiger partial charge in [-0.2, -0.15) is 11.8 Å². The minimum atomic E-state index is -1.02. The number of anilines is 1. The topological polar surface area (TPSA) is 69.6 Å². The van der Waals surface area contributed by atoms with Crippen LogP contribution in [0.1, 0.15) is 0 Å². The maximum absolute atomic E-state index is 13.0. The lowest BCUT2D eigenvalue weighted by Crippen LogP contribution is -2.51. The van der Waals surface area contributed by atoms with Crippen molar-refractivity contribution in [3.05, 3.63) is 28.5 Å². The van der Waals surface area contributed by atoms with E-state index in [-0.39, 0.29) is 0 Å². The molecule has 5 nitrogen and oxygen atoms in total. The molecule has 0 saturated carbocycles. The number of rotatable bonds is 2. The molecule has 2 amide bonds. The Hall–Kier alpha value is -1.28. The first-order valence-corrected chi connectivity index (χ1v) is 7.77. The number of amides is 2. The molecule has 0 spiro atoms. The van der Waals surface area contributed by atoms with E-state index in [0.29, 0.717) is 28.2 Å². The zero-order valence-electron chi connectivity index (χ0n) is 10.3. The molecule has 2 N–H and O–H groups in total. The Morgan fingerprint density at radius 1 is 1.50 bits per heavy atom. The van der Waals surface area contributed by atoms with Gasteiger partial charge in [-0.25, -0.2) is 14.0 Å². The van der Waals surface area contributed by atoms with Gasteiger partial charge in [-0.05, 0) is 34.1 Å². The summed E-state index contributed by atoms with van der Waals surface area (Å²) in [5.41, 5.74) is 0.402. The quantitative estimate of drug-likeness (QED) is 0.848. The van der Waals surface area contributed by atoms with Crippen molar-refractivity contribution in [1.29, 1.82) is 0 Å². The SMILES string of the molecule is O=C(O)C1CSCCN1C(=O)Nc1ccc(F)cc1Br. The van der Waals surface area contributed by atoms with Gasteiger partial charge in [0.15, 0.2) is 0 Å². The van der Waals surface area contributed by atoms with Crippen LogP contribution in [0.3, 0.4) is 0 Å². The van der Waals surface area contributed by atoms with Crippen LogP contribution in [0.15, 0.2) is 22.7 Å². The fourth-order valence-electron chi connectivity index (χ4n) is 1.83. The number of halogens is 2. The van der Waals surface area contributed by atoms with Gasteiger partial charge in [-0.3, -0.25) is 0 Å². The van der Waals surface area contributed by atoms with Crippen molar-refractivity contribution >= 4 is 45.4 Å². The van der Waals surface area contributed by atoms with E-state index < -0.39 is 23.9 Å². The van der Waals surface area contributed by atoms with E-state index in [2.05, 4.69) is 21.2 Å². The monoisotopic (exact) mass is 362 g/mol. The highest BCUT2D eigenvalue weighted by atomic mass is 79.9. The molecule has 1 heterocycles. The smallest absolute Gasteiger partial charge is 0.327 e. The molecule has 8 heteroatoms. The molecule has 1 aliphatic rings. The molecular weight excluding hydrogens is 351 g/mol. The van der Waals surface area contributed by atoms with E-state index in [0.717, 1.165) is 0 Å². The molecule has 0 aromatic heterocycles. The number of benzene rings is 1. The first-order valence-electron chi connectivity index (χ1n) is 5.82. The van der Waals surface area contributed by atoms with Crippen LogP contribution in [0.2, 0.25) is 0 Å². The lowest BCUT2D eigenvalue weighted by atomic mass is 10.3. The summed E-state index contributed by atoms with van der Waals surface area (Å²) in [5, 5.41) is 11.7. The predicted octanol–water partition coefficient (Wildman–Crippen LogP) is 2.62. The normalized spacial score (nSPS) is 18.7. The third-order valence-electron chi connectivity index (χ3n) is 2.85. The Labute approximate surface area is 127 Å². The zero-order chi connectivity index (χ0) is 14.7. The Kier molecular flexibility index (Phi) is 4.87. The second-order valence-corrected chi connectivity index (χ2v) is 6.18. The standard InChI is InChI=1S/C12H12BrFN2O3S/c13-8-5-7(14)1-2-9(8)15-12(19)16-3-4-20-6-10(16)11(17)18/h1-2,5,10H,3-4,6H2,(H,15,19)(H,17,18). The van der Waals surface area contributed by atoms with Gasteiger partial charge >= 0.3 is 12.0 Å². The first-order chi connectivity index (χ1) is 9.49. The van der Waals surface area contributed by atoms with Crippen molar-refractivity contribution in [1.82, 2.24) is 4.90 Å². The number of carbonyl (C=O) groups excluding carboxylic acids is 1. The summed E-state index contributed by atoms with van der Waals surface area (Å²) in [7, 11) is 0. The number of urea groups is 1. The van der Waals surface area contributed by atoms with Crippen molar-refractivity contribution < 1.29 is 19.1 Å². The molecule has 0 radical (unpaired) electrons. The van der Waals surface area contributed by atoms with Crippen LogP contribution in [0.25, 0.3) is 0 Å². The molecule has 108 valence electrons. The highest BCUT2D eigenvalue weighted by Gasteiger charge is 2.32. The first kappa shape index (κ1) is 15.1. The number of nitrogens with one attached hydrogen (secondary N) is 1. The molecular formula is C12H12BrFN2O3S. The van der Waals surface area contributed by atoms with Gasteiger partial charge in [-0.1, -0.05) is 0 Å². The number of hydrogen-bond acceptors (Lipinski definition) is 3. The number of aliphatic carboxylic acids is 1. The average Bonchev–Trinajstić information content (AvgIpc) is 2.41. The second-order valence-electron chi connectivity index (χ2n) is 4.18. The van der Waals surface area contributed by atoms with Gasteiger partial charge in [0.05, 0.1) is 5.69 Å². The molecule has 2 rings (SSSR count). The maximum atomic E-state index is 13.0. The number of carboxylic acids is 1. The number of nitrogens with zero attached hydrogens (tertiary/aromatic N) is 1. The van der Waals surface area contributed by atoms with Crippen molar-refractivity contribution in [3.63, 3.8) is 0 Å². The Morgan fingerprint density at radius 2 is 2.25 bits per heavy atom.